The second-order valence-corrected chi connectivity index (χ2v) is 9.67. The summed E-state index contributed by atoms with van der Waals surface area (Å²) in [5.41, 5.74) is 1.27. The summed E-state index contributed by atoms with van der Waals surface area (Å²) in [5.74, 6) is 0.0568. The lowest BCUT2D eigenvalue weighted by molar-refractivity contribution is 0.102. The van der Waals surface area contributed by atoms with E-state index in [1.807, 2.05) is 13.8 Å². The van der Waals surface area contributed by atoms with Crippen LogP contribution >= 0.6 is 0 Å². The average Bonchev–Trinajstić information content (AvgIpc) is 2.83. The Morgan fingerprint density at radius 1 is 0.886 bits per heavy atom. The van der Waals surface area contributed by atoms with Gasteiger partial charge in [-0.2, -0.15) is 0 Å². The molecule has 0 atom stereocenters. The minimum atomic E-state index is -3.98. The number of ether oxygens (including phenoxy) is 2. The predicted octanol–water partition coefficient (Wildman–Crippen LogP) is 4.95. The smallest absolute Gasteiger partial charge is 0.411 e. The lowest BCUT2D eigenvalue weighted by Gasteiger charge is -2.13. The van der Waals surface area contributed by atoms with Crippen LogP contribution < -0.4 is 20.1 Å². The van der Waals surface area contributed by atoms with Gasteiger partial charge in [-0.05, 0) is 54.4 Å². The number of rotatable bonds is 9. The molecule has 3 aromatic carbocycles. The summed E-state index contributed by atoms with van der Waals surface area (Å²) >= 11 is 0. The maximum absolute atomic E-state index is 12.9. The van der Waals surface area contributed by atoms with Crippen LogP contribution in [0, 0.1) is 5.92 Å². The van der Waals surface area contributed by atoms with Crippen molar-refractivity contribution in [2.24, 2.45) is 5.92 Å². The van der Waals surface area contributed by atoms with Crippen molar-refractivity contribution in [3.05, 3.63) is 78.4 Å². The summed E-state index contributed by atoms with van der Waals surface area (Å²) < 4.78 is 38.5. The van der Waals surface area contributed by atoms with E-state index in [1.165, 1.54) is 31.4 Å². The highest BCUT2D eigenvalue weighted by Gasteiger charge is 2.18. The molecule has 0 fully saturated rings. The first-order valence-corrected chi connectivity index (χ1v) is 12.3. The van der Waals surface area contributed by atoms with Crippen molar-refractivity contribution < 1.29 is 27.5 Å². The summed E-state index contributed by atoms with van der Waals surface area (Å²) in [6, 6.07) is 18.8. The van der Waals surface area contributed by atoms with Gasteiger partial charge in [0.25, 0.3) is 15.9 Å². The number of sulfonamides is 1. The Morgan fingerprint density at radius 2 is 1.57 bits per heavy atom. The molecule has 2 amide bonds. The quantitative estimate of drug-likeness (QED) is 0.384. The number of amides is 2. The van der Waals surface area contributed by atoms with Crippen LogP contribution in [0.3, 0.4) is 0 Å². The Bertz CT molecular complexity index is 1310. The third-order valence-corrected chi connectivity index (χ3v) is 6.04. The number of carbonyl (C=O) groups is 2. The van der Waals surface area contributed by atoms with Crippen molar-refractivity contribution in [2.45, 2.75) is 18.7 Å². The highest BCUT2D eigenvalue weighted by molar-refractivity contribution is 7.92. The zero-order valence-electron chi connectivity index (χ0n) is 19.6. The Balaban J connectivity index is 1.72. The van der Waals surface area contributed by atoms with E-state index in [0.29, 0.717) is 17.1 Å². The van der Waals surface area contributed by atoms with Gasteiger partial charge in [0, 0.05) is 16.9 Å². The molecule has 35 heavy (non-hydrogen) atoms. The van der Waals surface area contributed by atoms with Crippen LogP contribution in [-0.2, 0) is 14.8 Å². The number of benzene rings is 3. The summed E-state index contributed by atoms with van der Waals surface area (Å²) in [5, 5.41) is 5.30. The molecule has 10 heteroatoms. The fraction of sp³-hybridized carbons (Fsp3) is 0.200. The molecule has 0 bridgehead atoms. The minimum absolute atomic E-state index is 0.0839. The van der Waals surface area contributed by atoms with E-state index < -0.39 is 22.0 Å². The van der Waals surface area contributed by atoms with Crippen molar-refractivity contribution in [1.82, 2.24) is 0 Å². The van der Waals surface area contributed by atoms with Gasteiger partial charge < -0.3 is 14.8 Å². The number of hydrogen-bond donors (Lipinski definition) is 3. The van der Waals surface area contributed by atoms with E-state index in [2.05, 4.69) is 15.4 Å². The molecule has 3 aromatic rings. The molecule has 0 spiro atoms. The first kappa shape index (κ1) is 25.6. The van der Waals surface area contributed by atoms with E-state index in [0.717, 1.165) is 0 Å². The molecule has 0 radical (unpaired) electrons. The molecule has 3 N–H and O–H groups in total. The second-order valence-electron chi connectivity index (χ2n) is 7.99. The molecule has 0 unspecified atom stereocenters. The largest absolute Gasteiger partial charge is 0.495 e. The molecule has 0 aliphatic carbocycles. The van der Waals surface area contributed by atoms with Gasteiger partial charge in [0.2, 0.25) is 0 Å². The molecule has 0 aliphatic heterocycles. The fourth-order valence-electron chi connectivity index (χ4n) is 3.01. The van der Waals surface area contributed by atoms with Gasteiger partial charge in [0.15, 0.2) is 0 Å². The van der Waals surface area contributed by atoms with Gasteiger partial charge in [-0.25, -0.2) is 13.2 Å². The van der Waals surface area contributed by atoms with Crippen molar-refractivity contribution in [1.29, 1.82) is 0 Å². The lowest BCUT2D eigenvalue weighted by atomic mass is 10.2. The topological polar surface area (TPSA) is 123 Å². The van der Waals surface area contributed by atoms with Gasteiger partial charge in [-0.3, -0.25) is 14.8 Å². The molecule has 0 aliphatic rings. The van der Waals surface area contributed by atoms with Crippen LogP contribution in [0.5, 0.6) is 5.75 Å². The Hall–Kier alpha value is -4.05. The molecule has 0 saturated heterocycles. The molecule has 9 nitrogen and oxygen atoms in total. The first-order valence-electron chi connectivity index (χ1n) is 10.8. The summed E-state index contributed by atoms with van der Waals surface area (Å²) in [6.07, 6.45) is -0.595. The van der Waals surface area contributed by atoms with Crippen LogP contribution in [-0.4, -0.2) is 34.1 Å². The van der Waals surface area contributed by atoms with E-state index in [9.17, 15) is 18.0 Å². The monoisotopic (exact) mass is 497 g/mol. The molecule has 0 heterocycles. The van der Waals surface area contributed by atoms with Crippen molar-refractivity contribution in [2.75, 3.05) is 29.1 Å². The maximum Gasteiger partial charge on any atom is 0.411 e. The highest BCUT2D eigenvalue weighted by Crippen LogP contribution is 2.26. The average molecular weight is 498 g/mol. The van der Waals surface area contributed by atoms with Crippen LogP contribution in [0.4, 0.5) is 21.9 Å². The first-order chi connectivity index (χ1) is 16.7. The van der Waals surface area contributed by atoms with E-state index in [4.69, 9.17) is 9.47 Å². The number of methoxy groups -OCH3 is 1. The normalized spacial score (nSPS) is 11.0. The number of nitrogens with one attached hydrogen (secondary N) is 3. The van der Waals surface area contributed by atoms with Gasteiger partial charge in [-0.1, -0.05) is 38.1 Å². The molecule has 0 saturated carbocycles. The molecular weight excluding hydrogens is 470 g/mol. The van der Waals surface area contributed by atoms with Gasteiger partial charge in [0.05, 0.1) is 24.3 Å². The SMILES string of the molecule is COc1ccccc1NS(=O)(=O)c1cccc(C(=O)Nc2cccc(NC(=O)OCC(C)C)c2)c1. The number of hydrogen-bond acceptors (Lipinski definition) is 6. The molecule has 0 aromatic heterocycles. The third kappa shape index (κ3) is 7.21. The van der Waals surface area contributed by atoms with Gasteiger partial charge in [-0.15, -0.1) is 0 Å². The Morgan fingerprint density at radius 3 is 2.29 bits per heavy atom. The van der Waals surface area contributed by atoms with Crippen LogP contribution in [0.2, 0.25) is 0 Å². The number of para-hydroxylation sites is 2. The zero-order chi connectivity index (χ0) is 25.4. The third-order valence-electron chi connectivity index (χ3n) is 4.67. The lowest BCUT2D eigenvalue weighted by Crippen LogP contribution is -2.17. The number of anilines is 3. The predicted molar refractivity (Wildman–Crippen MR) is 134 cm³/mol. The Kier molecular flexibility index (Phi) is 8.32. The minimum Gasteiger partial charge on any atom is -0.495 e. The van der Waals surface area contributed by atoms with Gasteiger partial charge in [0.1, 0.15) is 5.75 Å². The standard InChI is InChI=1S/C25H27N3O6S/c1-17(2)16-34-25(30)27-20-10-7-9-19(15-20)26-24(29)18-8-6-11-21(14-18)35(31,32)28-22-12-4-5-13-23(22)33-3/h4-15,17,28H,16H2,1-3H3,(H,26,29)(H,27,30). The van der Waals surface area contributed by atoms with Crippen molar-refractivity contribution in [3.8, 4) is 5.75 Å². The van der Waals surface area contributed by atoms with Crippen LogP contribution in [0.25, 0.3) is 0 Å². The summed E-state index contributed by atoms with van der Waals surface area (Å²) in [4.78, 5) is 24.6. The fourth-order valence-corrected chi connectivity index (χ4v) is 4.13. The maximum atomic E-state index is 12.9. The van der Waals surface area contributed by atoms with E-state index in [1.54, 1.807) is 48.5 Å². The van der Waals surface area contributed by atoms with Crippen LogP contribution in [0.15, 0.2) is 77.7 Å². The summed E-state index contributed by atoms with van der Waals surface area (Å²) in [7, 11) is -2.54. The highest BCUT2D eigenvalue weighted by atomic mass is 32.2. The van der Waals surface area contributed by atoms with Crippen LogP contribution in [0.1, 0.15) is 24.2 Å². The Labute approximate surface area is 204 Å². The van der Waals surface area contributed by atoms with E-state index >= 15 is 0 Å². The molecule has 3 rings (SSSR count). The molecular formula is C25H27N3O6S. The second kappa shape index (κ2) is 11.4. The van der Waals surface area contributed by atoms with Crippen molar-refractivity contribution >= 4 is 39.1 Å². The van der Waals surface area contributed by atoms with E-state index in [-0.39, 0.29) is 28.7 Å². The molecule has 184 valence electrons. The number of carbonyl (C=O) groups excluding carboxylic acids is 2. The van der Waals surface area contributed by atoms with Gasteiger partial charge >= 0.3 is 6.09 Å². The zero-order valence-corrected chi connectivity index (χ0v) is 20.4. The van der Waals surface area contributed by atoms with Crippen molar-refractivity contribution in [3.63, 3.8) is 0 Å². The summed E-state index contributed by atoms with van der Waals surface area (Å²) in [6.45, 7) is 4.14.